The molecule has 2 heterocycles. The molecule has 1 aliphatic rings. The summed E-state index contributed by atoms with van der Waals surface area (Å²) in [5.74, 6) is 1.68. The van der Waals surface area contributed by atoms with Crippen molar-refractivity contribution in [1.29, 1.82) is 0 Å². The van der Waals surface area contributed by atoms with Gasteiger partial charge in [0.2, 0.25) is 0 Å². The maximum Gasteiger partial charge on any atom is 0.162 e. The molecular formula is C12H13N3O. The van der Waals surface area contributed by atoms with Crippen molar-refractivity contribution in [2.24, 2.45) is 7.05 Å². The minimum absolute atomic E-state index is 0.0489. The number of pyridine rings is 1. The number of fused-ring (bicyclic) bond motifs is 1. The van der Waals surface area contributed by atoms with Crippen LogP contribution < -0.4 is 0 Å². The first kappa shape index (κ1) is 9.51. The van der Waals surface area contributed by atoms with E-state index in [1.165, 1.54) is 12.8 Å². The molecule has 0 N–H and O–H groups in total. The third-order valence-corrected chi connectivity index (χ3v) is 3.11. The SMILES string of the molecule is CC(=O)c1ccnc2c1nc(C1CC1)n2C. The van der Waals surface area contributed by atoms with Gasteiger partial charge < -0.3 is 4.57 Å². The van der Waals surface area contributed by atoms with Crippen molar-refractivity contribution in [3.05, 3.63) is 23.7 Å². The molecule has 3 rings (SSSR count). The zero-order chi connectivity index (χ0) is 11.3. The van der Waals surface area contributed by atoms with E-state index in [-0.39, 0.29) is 5.78 Å². The van der Waals surface area contributed by atoms with Gasteiger partial charge in [-0.3, -0.25) is 4.79 Å². The predicted octanol–water partition coefficient (Wildman–Crippen LogP) is 2.05. The number of ketones is 1. The Morgan fingerprint density at radius 2 is 2.25 bits per heavy atom. The lowest BCUT2D eigenvalue weighted by atomic mass is 10.2. The van der Waals surface area contributed by atoms with Gasteiger partial charge in [-0.05, 0) is 25.8 Å². The number of nitrogens with zero attached hydrogens (tertiary/aromatic N) is 3. The normalized spacial score (nSPS) is 15.6. The Hall–Kier alpha value is -1.71. The second kappa shape index (κ2) is 3.14. The van der Waals surface area contributed by atoms with E-state index in [1.807, 2.05) is 11.6 Å². The van der Waals surface area contributed by atoms with E-state index < -0.39 is 0 Å². The van der Waals surface area contributed by atoms with Crippen LogP contribution in [0.3, 0.4) is 0 Å². The summed E-state index contributed by atoms with van der Waals surface area (Å²) in [6, 6.07) is 1.74. The van der Waals surface area contributed by atoms with E-state index in [4.69, 9.17) is 0 Å². The highest BCUT2D eigenvalue weighted by molar-refractivity contribution is 6.04. The number of Topliss-reactive ketones (excluding diaryl/α,β-unsaturated/α-hetero) is 1. The zero-order valence-corrected chi connectivity index (χ0v) is 9.40. The maximum atomic E-state index is 11.5. The number of aryl methyl sites for hydroxylation is 1. The fourth-order valence-corrected chi connectivity index (χ4v) is 2.09. The molecule has 1 saturated carbocycles. The number of rotatable bonds is 2. The zero-order valence-electron chi connectivity index (χ0n) is 9.40. The Kier molecular flexibility index (Phi) is 1.87. The van der Waals surface area contributed by atoms with E-state index in [0.717, 1.165) is 17.0 Å². The number of carbonyl (C=O) groups excluding carboxylic acids is 1. The van der Waals surface area contributed by atoms with Crippen molar-refractivity contribution in [2.75, 3.05) is 0 Å². The van der Waals surface area contributed by atoms with Crippen molar-refractivity contribution in [3.63, 3.8) is 0 Å². The van der Waals surface area contributed by atoms with Gasteiger partial charge in [-0.1, -0.05) is 0 Å². The van der Waals surface area contributed by atoms with Gasteiger partial charge in [0.05, 0.1) is 0 Å². The average Bonchev–Trinajstić information content (AvgIpc) is 3.04. The predicted molar refractivity (Wildman–Crippen MR) is 60.5 cm³/mol. The smallest absolute Gasteiger partial charge is 0.162 e. The molecule has 0 atom stereocenters. The monoisotopic (exact) mass is 215 g/mol. The minimum Gasteiger partial charge on any atom is -0.316 e. The van der Waals surface area contributed by atoms with Crippen LogP contribution in [0.15, 0.2) is 12.3 Å². The van der Waals surface area contributed by atoms with Gasteiger partial charge in [-0.25, -0.2) is 9.97 Å². The summed E-state index contributed by atoms with van der Waals surface area (Å²) in [4.78, 5) is 20.4. The molecular weight excluding hydrogens is 202 g/mol. The van der Waals surface area contributed by atoms with Crippen LogP contribution in [-0.4, -0.2) is 20.3 Å². The van der Waals surface area contributed by atoms with Gasteiger partial charge in [0.15, 0.2) is 11.4 Å². The molecule has 2 aromatic rings. The summed E-state index contributed by atoms with van der Waals surface area (Å²) in [5.41, 5.74) is 2.24. The van der Waals surface area contributed by atoms with Gasteiger partial charge in [0.25, 0.3) is 0 Å². The summed E-state index contributed by atoms with van der Waals surface area (Å²) in [6.07, 6.45) is 4.08. The van der Waals surface area contributed by atoms with Crippen molar-refractivity contribution in [2.45, 2.75) is 25.7 Å². The number of hydrogen-bond acceptors (Lipinski definition) is 3. The Labute approximate surface area is 93.3 Å². The van der Waals surface area contributed by atoms with Crippen molar-refractivity contribution in [1.82, 2.24) is 14.5 Å². The molecule has 0 radical (unpaired) electrons. The molecule has 2 aromatic heterocycles. The first-order valence-electron chi connectivity index (χ1n) is 5.50. The fourth-order valence-electron chi connectivity index (χ4n) is 2.09. The topological polar surface area (TPSA) is 47.8 Å². The molecule has 0 saturated heterocycles. The first-order valence-corrected chi connectivity index (χ1v) is 5.50. The van der Waals surface area contributed by atoms with Gasteiger partial charge in [0.1, 0.15) is 11.3 Å². The van der Waals surface area contributed by atoms with E-state index in [9.17, 15) is 4.79 Å². The summed E-state index contributed by atoms with van der Waals surface area (Å²) >= 11 is 0. The lowest BCUT2D eigenvalue weighted by Crippen LogP contribution is -1.97. The van der Waals surface area contributed by atoms with Crippen LogP contribution in [-0.2, 0) is 7.05 Å². The van der Waals surface area contributed by atoms with Crippen molar-refractivity contribution in [3.8, 4) is 0 Å². The van der Waals surface area contributed by atoms with E-state index in [1.54, 1.807) is 19.2 Å². The summed E-state index contributed by atoms with van der Waals surface area (Å²) in [6.45, 7) is 1.57. The summed E-state index contributed by atoms with van der Waals surface area (Å²) in [7, 11) is 1.97. The Morgan fingerprint density at radius 3 is 2.88 bits per heavy atom. The van der Waals surface area contributed by atoms with Crippen LogP contribution in [0.1, 0.15) is 41.9 Å². The third kappa shape index (κ3) is 1.26. The minimum atomic E-state index is 0.0489. The highest BCUT2D eigenvalue weighted by Gasteiger charge is 2.29. The van der Waals surface area contributed by atoms with E-state index in [2.05, 4.69) is 9.97 Å². The molecule has 4 nitrogen and oxygen atoms in total. The molecule has 1 aliphatic carbocycles. The quantitative estimate of drug-likeness (QED) is 0.720. The molecule has 0 aliphatic heterocycles. The number of carbonyl (C=O) groups is 1. The molecule has 0 aromatic carbocycles. The fraction of sp³-hybridized carbons (Fsp3) is 0.417. The van der Waals surface area contributed by atoms with Gasteiger partial charge >= 0.3 is 0 Å². The van der Waals surface area contributed by atoms with E-state index in [0.29, 0.717) is 11.5 Å². The van der Waals surface area contributed by atoms with Crippen molar-refractivity contribution >= 4 is 16.9 Å². The maximum absolute atomic E-state index is 11.5. The molecule has 0 bridgehead atoms. The van der Waals surface area contributed by atoms with Crippen LogP contribution in [0.2, 0.25) is 0 Å². The summed E-state index contributed by atoms with van der Waals surface area (Å²) in [5, 5.41) is 0. The highest BCUT2D eigenvalue weighted by Crippen LogP contribution is 2.40. The molecule has 0 spiro atoms. The van der Waals surface area contributed by atoms with Gasteiger partial charge in [-0.15, -0.1) is 0 Å². The van der Waals surface area contributed by atoms with Crippen LogP contribution >= 0.6 is 0 Å². The molecule has 82 valence electrons. The summed E-state index contributed by atoms with van der Waals surface area (Å²) < 4.78 is 2.01. The second-order valence-electron chi connectivity index (χ2n) is 4.39. The Balaban J connectivity index is 2.31. The second-order valence-corrected chi connectivity index (χ2v) is 4.39. The lowest BCUT2D eigenvalue weighted by molar-refractivity contribution is 0.101. The molecule has 1 fully saturated rings. The number of aromatic nitrogens is 3. The van der Waals surface area contributed by atoms with Crippen LogP contribution in [0.5, 0.6) is 0 Å². The highest BCUT2D eigenvalue weighted by atomic mass is 16.1. The van der Waals surface area contributed by atoms with Crippen LogP contribution in [0.25, 0.3) is 11.2 Å². The van der Waals surface area contributed by atoms with Gasteiger partial charge in [-0.2, -0.15) is 0 Å². The first-order chi connectivity index (χ1) is 7.68. The lowest BCUT2D eigenvalue weighted by Gasteiger charge is -1.98. The average molecular weight is 215 g/mol. The largest absolute Gasteiger partial charge is 0.316 e. The van der Waals surface area contributed by atoms with E-state index >= 15 is 0 Å². The molecule has 16 heavy (non-hydrogen) atoms. The number of hydrogen-bond donors (Lipinski definition) is 0. The van der Waals surface area contributed by atoms with Crippen LogP contribution in [0.4, 0.5) is 0 Å². The van der Waals surface area contributed by atoms with Gasteiger partial charge in [0, 0.05) is 24.7 Å². The molecule has 0 amide bonds. The Bertz CT molecular complexity index is 581. The van der Waals surface area contributed by atoms with Crippen LogP contribution in [0, 0.1) is 0 Å². The molecule has 0 unspecified atom stereocenters. The number of imidazole rings is 1. The molecule has 4 heteroatoms. The third-order valence-electron chi connectivity index (χ3n) is 3.11. The Morgan fingerprint density at radius 1 is 1.50 bits per heavy atom. The standard InChI is InChI=1S/C12H13N3O/c1-7(16)9-5-6-13-12-10(9)14-11(15(12)2)8-3-4-8/h5-6,8H,3-4H2,1-2H3. The van der Waals surface area contributed by atoms with Crippen molar-refractivity contribution < 1.29 is 4.79 Å².